The van der Waals surface area contributed by atoms with Crippen LogP contribution in [0, 0.1) is 57.8 Å². The van der Waals surface area contributed by atoms with E-state index in [1.165, 1.54) is 62.5 Å². The fourth-order valence-corrected chi connectivity index (χ4v) is 10.7. The second-order valence-corrected chi connectivity index (χ2v) is 20.4. The smallest absolute Gasteiger partial charge is 0.341 e. The summed E-state index contributed by atoms with van der Waals surface area (Å²) in [5, 5.41) is 28.9. The minimum Gasteiger partial charge on any atom is -0.532 e. The Hall–Kier alpha value is -3.49. The number of ether oxygens (including phenoxy) is 3. The molecule has 5 rings (SSSR count). The number of nitrogens with zero attached hydrogens (tertiary/aromatic N) is 5. The molecule has 328 valence electrons. The second-order valence-electron chi connectivity index (χ2n) is 20.4. The van der Waals surface area contributed by atoms with Crippen LogP contribution >= 0.6 is 0 Å². The van der Waals surface area contributed by atoms with Crippen molar-refractivity contribution < 1.29 is 19.3 Å². The molecule has 0 aromatic carbocycles. The number of allylic oxidation sites excluding steroid dienone is 11. The molecule has 3 saturated carbocycles. The summed E-state index contributed by atoms with van der Waals surface area (Å²) in [6.45, 7) is 20.2. The van der Waals surface area contributed by atoms with Crippen molar-refractivity contribution in [2.75, 3.05) is 54.1 Å². The van der Waals surface area contributed by atoms with Gasteiger partial charge in [-0.25, -0.2) is 0 Å². The van der Waals surface area contributed by atoms with Crippen LogP contribution in [0.15, 0.2) is 70.2 Å². The zero-order valence-corrected chi connectivity index (χ0v) is 38.1. The normalized spacial score (nSPS) is 30.4. The molecule has 9 nitrogen and oxygen atoms in total. The Kier molecular flexibility index (Phi) is 17.9. The molecule has 0 aromatic rings. The molecule has 0 bridgehead atoms. The molecule has 0 aliphatic heterocycles. The van der Waals surface area contributed by atoms with Gasteiger partial charge in [-0.3, -0.25) is 0 Å². The molecule has 0 heterocycles. The third-order valence-corrected chi connectivity index (χ3v) is 14.0. The number of methoxy groups -OCH3 is 1. The molecule has 0 aromatic heterocycles. The minimum absolute atomic E-state index is 0.0431. The monoisotopic (exact) mass is 822 g/mol. The Morgan fingerprint density at radius 1 is 0.750 bits per heavy atom. The van der Waals surface area contributed by atoms with Crippen molar-refractivity contribution in [3.05, 3.63) is 81.6 Å². The Morgan fingerprint density at radius 2 is 1.20 bits per heavy atom. The first-order valence-electron chi connectivity index (χ1n) is 22.9. The van der Waals surface area contributed by atoms with E-state index in [9.17, 15) is 15.6 Å². The van der Waals surface area contributed by atoms with E-state index >= 15 is 0 Å². The maximum absolute atomic E-state index is 10.1. The average molecular weight is 822 g/mol. The van der Waals surface area contributed by atoms with Gasteiger partial charge in [0, 0.05) is 38.9 Å². The van der Waals surface area contributed by atoms with Crippen molar-refractivity contribution in [3.8, 4) is 12.1 Å². The topological polar surface area (TPSA) is 106 Å². The molecular formula is C51H75N5O4. The predicted molar refractivity (Wildman–Crippen MR) is 240 cm³/mol. The lowest BCUT2D eigenvalue weighted by Gasteiger charge is -2.37. The highest BCUT2D eigenvalue weighted by Gasteiger charge is 2.32. The van der Waals surface area contributed by atoms with Crippen molar-refractivity contribution >= 4 is 0 Å². The molecule has 9 heteroatoms. The summed E-state index contributed by atoms with van der Waals surface area (Å²) in [6.07, 6.45) is 29.7. The van der Waals surface area contributed by atoms with E-state index in [1.54, 1.807) is 7.11 Å². The van der Waals surface area contributed by atoms with Crippen molar-refractivity contribution in [2.24, 2.45) is 28.6 Å². The van der Waals surface area contributed by atoms with Crippen LogP contribution in [0.5, 0.6) is 0 Å². The van der Waals surface area contributed by atoms with E-state index in [0.717, 1.165) is 89.0 Å². The van der Waals surface area contributed by atoms with Crippen LogP contribution in [0.25, 0.3) is 4.85 Å². The summed E-state index contributed by atoms with van der Waals surface area (Å²) in [6, 6.07) is 5.34. The van der Waals surface area contributed by atoms with E-state index < -0.39 is 0 Å². The lowest BCUT2D eigenvalue weighted by atomic mass is 9.74. The molecule has 0 spiro atoms. The van der Waals surface area contributed by atoms with Gasteiger partial charge in [-0.05, 0) is 161 Å². The fraction of sp³-hybridized carbons (Fsp3) is 0.706. The number of aliphatic hydroxyl groups excluding tert-OH is 1. The Morgan fingerprint density at radius 3 is 1.63 bits per heavy atom. The van der Waals surface area contributed by atoms with E-state index in [1.807, 2.05) is 6.08 Å². The molecule has 60 heavy (non-hydrogen) atoms. The van der Waals surface area contributed by atoms with Gasteiger partial charge in [0.25, 0.3) is 0 Å². The summed E-state index contributed by atoms with van der Waals surface area (Å²) >= 11 is 0. The van der Waals surface area contributed by atoms with Crippen LogP contribution in [0.3, 0.4) is 0 Å². The zero-order valence-electron chi connectivity index (χ0n) is 38.1. The maximum Gasteiger partial charge on any atom is 0.341 e. The Balaban J connectivity index is 0.996. The summed E-state index contributed by atoms with van der Waals surface area (Å²) in [5.41, 5.74) is 4.41. The van der Waals surface area contributed by atoms with Crippen LogP contribution in [0.4, 0.5) is 0 Å². The largest absolute Gasteiger partial charge is 0.532 e. The van der Waals surface area contributed by atoms with Crippen LogP contribution in [0.1, 0.15) is 124 Å². The molecule has 0 amide bonds. The second kappa shape index (κ2) is 22.6. The minimum atomic E-state index is -0.163. The van der Waals surface area contributed by atoms with Gasteiger partial charge in [0.05, 0.1) is 32.0 Å². The Bertz CT molecular complexity index is 1730. The third-order valence-electron chi connectivity index (χ3n) is 14.0. The third kappa shape index (κ3) is 14.6. The van der Waals surface area contributed by atoms with Gasteiger partial charge in [0.1, 0.15) is 17.7 Å². The number of rotatable bonds is 16. The summed E-state index contributed by atoms with van der Waals surface area (Å²) in [5.74, 6) is 1.43. The number of hydrogen-bond acceptors (Lipinski definition) is 8. The highest BCUT2D eigenvalue weighted by molar-refractivity contribution is 5.49. The molecule has 1 N–H and O–H groups in total. The first kappa shape index (κ1) is 47.6. The first-order valence-corrected chi connectivity index (χ1v) is 22.9. The molecule has 3 fully saturated rings. The van der Waals surface area contributed by atoms with E-state index in [-0.39, 0.29) is 34.5 Å². The molecular weight excluding hydrogens is 747 g/mol. The SMILES string of the molecule is [C-]#[N+]/C(O)=C1C=C(/C=C/C2CCC(N(C)CCOC3CC(COC)CC(OCCN(C)C4CCC(/C=C/C5=CC(=C(C#N)C#N)CC(C)(C)C5)CC4)C3)CC2)CC(C)(C)C\1. The van der Waals surface area contributed by atoms with Gasteiger partial charge in [0.2, 0.25) is 0 Å². The van der Waals surface area contributed by atoms with E-state index in [0.29, 0.717) is 29.8 Å². The maximum atomic E-state index is 10.1. The summed E-state index contributed by atoms with van der Waals surface area (Å²) in [7, 11) is 6.31. The zero-order chi connectivity index (χ0) is 43.3. The van der Waals surface area contributed by atoms with Crippen LogP contribution in [-0.2, 0) is 14.2 Å². The van der Waals surface area contributed by atoms with E-state index in [4.69, 9.17) is 20.8 Å². The van der Waals surface area contributed by atoms with Gasteiger partial charge in [0.15, 0.2) is 0 Å². The predicted octanol–water partition coefficient (Wildman–Crippen LogP) is 10.8. The molecule has 3 atom stereocenters. The molecule has 0 radical (unpaired) electrons. The van der Waals surface area contributed by atoms with Gasteiger partial charge in [-0.15, -0.1) is 0 Å². The fourth-order valence-electron chi connectivity index (χ4n) is 10.7. The number of aliphatic hydroxyl groups is 1. The van der Waals surface area contributed by atoms with Gasteiger partial charge < -0.3 is 29.1 Å². The quantitative estimate of drug-likeness (QED) is 0.0932. The lowest BCUT2D eigenvalue weighted by Crippen LogP contribution is -2.40. The Labute approximate surface area is 363 Å². The van der Waals surface area contributed by atoms with Crippen molar-refractivity contribution in [1.29, 1.82) is 10.5 Å². The van der Waals surface area contributed by atoms with E-state index in [2.05, 4.69) is 99.0 Å². The number of nitriles is 2. The van der Waals surface area contributed by atoms with Gasteiger partial charge in [-0.2, -0.15) is 15.4 Å². The number of hydrogen-bond donors (Lipinski definition) is 1. The molecule has 5 aliphatic rings. The van der Waals surface area contributed by atoms with Gasteiger partial charge >= 0.3 is 5.88 Å². The van der Waals surface area contributed by atoms with Crippen LogP contribution in [0.2, 0.25) is 0 Å². The molecule has 3 unspecified atom stereocenters. The lowest BCUT2D eigenvalue weighted by molar-refractivity contribution is -0.0771. The van der Waals surface area contributed by atoms with Crippen molar-refractivity contribution in [1.82, 2.24) is 9.80 Å². The van der Waals surface area contributed by atoms with Crippen molar-refractivity contribution in [2.45, 2.75) is 148 Å². The summed E-state index contributed by atoms with van der Waals surface area (Å²) in [4.78, 5) is 8.29. The van der Waals surface area contributed by atoms with Crippen LogP contribution in [-0.4, -0.2) is 93.3 Å². The first-order chi connectivity index (χ1) is 28.7. The highest BCUT2D eigenvalue weighted by Crippen LogP contribution is 2.41. The molecule has 5 aliphatic carbocycles. The van der Waals surface area contributed by atoms with Crippen LogP contribution < -0.4 is 0 Å². The average Bonchev–Trinajstić information content (AvgIpc) is 3.21. The molecule has 0 saturated heterocycles. The summed E-state index contributed by atoms with van der Waals surface area (Å²) < 4.78 is 18.8. The standard InChI is InChI=1S/C51H75N5O4/c1-50(2)30-39(25-42(32-50)44(34-52)35-53)11-9-37-13-17-45(18-14-37)55(6)21-23-59-47-27-41(36-58-8)28-48(29-47)60-24-22-56(7)46-19-15-38(16-20-46)10-12-40-26-43(49(57)54-5)33-51(3,4)31-40/h9-12,25-26,37-38,41,45-48,57H,13-24,27-33,36H2,1-4,6-8H3/b11-9+,12-10+,49-43-. The number of likely N-dealkylation sites (N-methyl/N-ethyl adjacent to an activating group) is 2. The highest BCUT2D eigenvalue weighted by atomic mass is 16.5. The van der Waals surface area contributed by atoms with Crippen molar-refractivity contribution in [3.63, 3.8) is 0 Å². The van der Waals surface area contributed by atoms with Gasteiger partial charge in [-0.1, -0.05) is 64.2 Å².